The standard InChI is InChI=1S/C21H18O2/c1-23-19-13-11-15-7-3-5-9-17(15)21(19)20-16-8-4-2-6-14(16)10-12-18(20)22/h2-9,11,13,22H,10,12H2,1H3. The molecule has 0 aliphatic heterocycles. The Labute approximate surface area is 135 Å². The number of rotatable bonds is 2. The minimum Gasteiger partial charge on any atom is -0.512 e. The first-order chi connectivity index (χ1) is 11.3. The molecule has 1 aliphatic rings. The van der Waals surface area contributed by atoms with Crippen molar-refractivity contribution in [2.45, 2.75) is 12.8 Å². The zero-order valence-corrected chi connectivity index (χ0v) is 13.0. The quantitative estimate of drug-likeness (QED) is 0.712. The second-order valence-corrected chi connectivity index (χ2v) is 5.84. The maximum absolute atomic E-state index is 10.7. The molecule has 114 valence electrons. The fourth-order valence-electron chi connectivity index (χ4n) is 3.47. The molecule has 4 rings (SSSR count). The Morgan fingerprint density at radius 3 is 2.52 bits per heavy atom. The first-order valence-electron chi connectivity index (χ1n) is 7.86. The van der Waals surface area contributed by atoms with Crippen molar-refractivity contribution in [2.24, 2.45) is 0 Å². The number of allylic oxidation sites excluding steroid dienone is 1. The van der Waals surface area contributed by atoms with E-state index in [1.54, 1.807) is 7.11 Å². The fourth-order valence-corrected chi connectivity index (χ4v) is 3.47. The molecule has 1 aliphatic carbocycles. The number of ether oxygens (including phenoxy) is 1. The van der Waals surface area contributed by atoms with Crippen LogP contribution in [0.15, 0.2) is 66.4 Å². The van der Waals surface area contributed by atoms with E-state index in [1.165, 1.54) is 5.56 Å². The molecule has 0 saturated heterocycles. The molecular weight excluding hydrogens is 284 g/mol. The minimum absolute atomic E-state index is 0.443. The molecule has 2 heteroatoms. The number of aliphatic hydroxyl groups is 1. The molecule has 23 heavy (non-hydrogen) atoms. The molecule has 3 aromatic carbocycles. The molecule has 0 heterocycles. The van der Waals surface area contributed by atoms with Crippen LogP contribution in [-0.2, 0) is 6.42 Å². The van der Waals surface area contributed by atoms with Gasteiger partial charge in [0.25, 0.3) is 0 Å². The summed E-state index contributed by atoms with van der Waals surface area (Å²) in [6.45, 7) is 0. The smallest absolute Gasteiger partial charge is 0.127 e. The predicted molar refractivity (Wildman–Crippen MR) is 93.9 cm³/mol. The van der Waals surface area contributed by atoms with Crippen molar-refractivity contribution in [1.29, 1.82) is 0 Å². The third-order valence-corrected chi connectivity index (χ3v) is 4.57. The number of benzene rings is 3. The first kappa shape index (κ1) is 13.9. The Morgan fingerprint density at radius 1 is 0.870 bits per heavy atom. The zero-order valence-electron chi connectivity index (χ0n) is 13.0. The van der Waals surface area contributed by atoms with Gasteiger partial charge in [-0.3, -0.25) is 0 Å². The van der Waals surface area contributed by atoms with E-state index in [9.17, 15) is 5.11 Å². The fraction of sp³-hybridized carbons (Fsp3) is 0.143. The third kappa shape index (κ3) is 2.18. The maximum Gasteiger partial charge on any atom is 0.127 e. The van der Waals surface area contributed by atoms with E-state index in [4.69, 9.17) is 4.74 Å². The number of aliphatic hydroxyl groups excluding tert-OH is 1. The molecule has 0 saturated carbocycles. The molecule has 2 nitrogen and oxygen atoms in total. The van der Waals surface area contributed by atoms with E-state index in [1.807, 2.05) is 24.3 Å². The summed E-state index contributed by atoms with van der Waals surface area (Å²) in [4.78, 5) is 0. The molecule has 0 spiro atoms. The highest BCUT2D eigenvalue weighted by Crippen LogP contribution is 2.42. The van der Waals surface area contributed by atoms with Gasteiger partial charge in [-0.1, -0.05) is 54.6 Å². The van der Waals surface area contributed by atoms with Crippen molar-refractivity contribution in [3.8, 4) is 5.75 Å². The van der Waals surface area contributed by atoms with Crippen molar-refractivity contribution in [2.75, 3.05) is 7.11 Å². The monoisotopic (exact) mass is 302 g/mol. The molecule has 0 unspecified atom stereocenters. The van der Waals surface area contributed by atoms with Crippen LogP contribution in [0.4, 0.5) is 0 Å². The van der Waals surface area contributed by atoms with Crippen LogP contribution >= 0.6 is 0 Å². The number of aryl methyl sites for hydroxylation is 1. The van der Waals surface area contributed by atoms with Crippen LogP contribution in [0.1, 0.15) is 23.1 Å². The van der Waals surface area contributed by atoms with Gasteiger partial charge in [-0.25, -0.2) is 0 Å². The lowest BCUT2D eigenvalue weighted by Gasteiger charge is -2.23. The van der Waals surface area contributed by atoms with Crippen molar-refractivity contribution >= 4 is 16.3 Å². The number of methoxy groups -OCH3 is 1. The lowest BCUT2D eigenvalue weighted by atomic mass is 9.83. The van der Waals surface area contributed by atoms with Gasteiger partial charge in [0.1, 0.15) is 11.5 Å². The summed E-state index contributed by atoms with van der Waals surface area (Å²) in [7, 11) is 1.68. The number of hydrogen-bond donors (Lipinski definition) is 1. The summed E-state index contributed by atoms with van der Waals surface area (Å²) in [6, 6.07) is 20.6. The second-order valence-electron chi connectivity index (χ2n) is 5.84. The van der Waals surface area contributed by atoms with Gasteiger partial charge in [-0.15, -0.1) is 0 Å². The molecule has 0 radical (unpaired) electrons. The Morgan fingerprint density at radius 2 is 1.65 bits per heavy atom. The van der Waals surface area contributed by atoms with E-state index < -0.39 is 0 Å². The third-order valence-electron chi connectivity index (χ3n) is 4.57. The molecule has 0 aromatic heterocycles. The highest BCUT2D eigenvalue weighted by atomic mass is 16.5. The van der Waals surface area contributed by atoms with Crippen molar-refractivity contribution < 1.29 is 9.84 Å². The average molecular weight is 302 g/mol. The van der Waals surface area contributed by atoms with Gasteiger partial charge in [0.2, 0.25) is 0 Å². The van der Waals surface area contributed by atoms with Crippen LogP contribution in [0.3, 0.4) is 0 Å². The Balaban J connectivity index is 2.09. The van der Waals surface area contributed by atoms with E-state index in [0.717, 1.165) is 39.6 Å². The van der Waals surface area contributed by atoms with Crippen molar-refractivity contribution in [3.05, 3.63) is 83.1 Å². The van der Waals surface area contributed by atoms with E-state index in [0.29, 0.717) is 12.2 Å². The molecule has 3 aromatic rings. The van der Waals surface area contributed by atoms with E-state index >= 15 is 0 Å². The van der Waals surface area contributed by atoms with Gasteiger partial charge in [0.15, 0.2) is 0 Å². The first-order valence-corrected chi connectivity index (χ1v) is 7.86. The second kappa shape index (κ2) is 5.47. The molecule has 0 atom stereocenters. The van der Waals surface area contributed by atoms with Crippen LogP contribution in [-0.4, -0.2) is 12.2 Å². The predicted octanol–water partition coefficient (Wildman–Crippen LogP) is 5.11. The van der Waals surface area contributed by atoms with Crippen LogP contribution < -0.4 is 4.74 Å². The summed E-state index contributed by atoms with van der Waals surface area (Å²) in [5.41, 5.74) is 4.26. The summed E-state index contributed by atoms with van der Waals surface area (Å²) < 4.78 is 5.62. The van der Waals surface area contributed by atoms with E-state index in [-0.39, 0.29) is 0 Å². The van der Waals surface area contributed by atoms with Crippen LogP contribution in [0, 0.1) is 0 Å². The van der Waals surface area contributed by atoms with Gasteiger partial charge in [-0.2, -0.15) is 0 Å². The minimum atomic E-state index is 0.443. The lowest BCUT2D eigenvalue weighted by molar-refractivity contribution is 0.387. The van der Waals surface area contributed by atoms with Crippen LogP contribution in [0.5, 0.6) is 5.75 Å². The largest absolute Gasteiger partial charge is 0.512 e. The normalized spacial score (nSPS) is 14.0. The van der Waals surface area contributed by atoms with E-state index in [2.05, 4.69) is 36.4 Å². The molecule has 1 N–H and O–H groups in total. The highest BCUT2D eigenvalue weighted by molar-refractivity contribution is 6.01. The van der Waals surface area contributed by atoms with Gasteiger partial charge < -0.3 is 9.84 Å². The molecule has 0 bridgehead atoms. The van der Waals surface area contributed by atoms with Crippen molar-refractivity contribution in [3.63, 3.8) is 0 Å². The average Bonchev–Trinajstić information content (AvgIpc) is 2.61. The zero-order chi connectivity index (χ0) is 15.8. The summed E-state index contributed by atoms with van der Waals surface area (Å²) >= 11 is 0. The Bertz CT molecular complexity index is 922. The highest BCUT2D eigenvalue weighted by Gasteiger charge is 2.23. The molecule has 0 amide bonds. The Kier molecular flexibility index (Phi) is 3.30. The summed E-state index contributed by atoms with van der Waals surface area (Å²) in [6.07, 6.45) is 1.54. The molecular formula is C21H18O2. The van der Waals surface area contributed by atoms with Crippen LogP contribution in [0.2, 0.25) is 0 Å². The van der Waals surface area contributed by atoms with Gasteiger partial charge in [0, 0.05) is 17.6 Å². The maximum atomic E-state index is 10.7. The number of hydrogen-bond acceptors (Lipinski definition) is 2. The lowest BCUT2D eigenvalue weighted by Crippen LogP contribution is -2.07. The van der Waals surface area contributed by atoms with Gasteiger partial charge in [0.05, 0.1) is 7.11 Å². The van der Waals surface area contributed by atoms with Gasteiger partial charge in [-0.05, 0) is 34.4 Å². The molecule has 0 fully saturated rings. The summed E-state index contributed by atoms with van der Waals surface area (Å²) in [5, 5.41) is 12.9. The Hall–Kier alpha value is -2.74. The topological polar surface area (TPSA) is 29.5 Å². The SMILES string of the molecule is COc1ccc2ccccc2c1C1=C(O)CCc2ccccc21. The van der Waals surface area contributed by atoms with Crippen molar-refractivity contribution in [1.82, 2.24) is 0 Å². The number of fused-ring (bicyclic) bond motifs is 2. The van der Waals surface area contributed by atoms with Crippen LogP contribution in [0.25, 0.3) is 16.3 Å². The summed E-state index contributed by atoms with van der Waals surface area (Å²) in [5.74, 6) is 1.24. The van der Waals surface area contributed by atoms with Gasteiger partial charge >= 0.3 is 0 Å².